The van der Waals surface area contributed by atoms with Crippen molar-refractivity contribution in [1.82, 2.24) is 0 Å². The van der Waals surface area contributed by atoms with Crippen molar-refractivity contribution in [2.75, 3.05) is 5.32 Å². The first-order chi connectivity index (χ1) is 8.97. The van der Waals surface area contributed by atoms with E-state index in [4.69, 9.17) is 0 Å². The number of aryl methyl sites for hydroxylation is 1. The molecule has 0 radical (unpaired) electrons. The maximum atomic E-state index is 13.0. The minimum absolute atomic E-state index is 0.0434. The van der Waals surface area contributed by atoms with Crippen molar-refractivity contribution in [3.8, 4) is 0 Å². The lowest BCUT2D eigenvalue weighted by Crippen LogP contribution is -1.98. The summed E-state index contributed by atoms with van der Waals surface area (Å²) < 4.78 is 13.6. The second-order valence-corrected chi connectivity index (χ2v) is 4.92. The first kappa shape index (κ1) is 13.5. The predicted octanol–water partition coefficient (Wildman–Crippen LogP) is 4.55. The fourth-order valence-corrected chi connectivity index (χ4v) is 2.02. The summed E-state index contributed by atoms with van der Waals surface area (Å²) >= 11 is 3.19. The molecule has 0 amide bonds. The summed E-state index contributed by atoms with van der Waals surface area (Å²) in [6.07, 6.45) is 0. The van der Waals surface area contributed by atoms with E-state index in [9.17, 15) is 14.5 Å². The van der Waals surface area contributed by atoms with Crippen LogP contribution in [0.1, 0.15) is 5.56 Å². The summed E-state index contributed by atoms with van der Waals surface area (Å²) in [6, 6.07) is 8.95. The number of hydrogen-bond donors (Lipinski definition) is 1. The van der Waals surface area contributed by atoms with Gasteiger partial charge in [0.1, 0.15) is 11.5 Å². The van der Waals surface area contributed by atoms with Crippen molar-refractivity contribution in [1.29, 1.82) is 0 Å². The van der Waals surface area contributed by atoms with Gasteiger partial charge in [0.05, 0.1) is 4.92 Å². The smallest absolute Gasteiger partial charge is 0.293 e. The molecule has 4 nitrogen and oxygen atoms in total. The van der Waals surface area contributed by atoms with E-state index in [0.29, 0.717) is 21.4 Å². The molecule has 19 heavy (non-hydrogen) atoms. The van der Waals surface area contributed by atoms with E-state index in [2.05, 4.69) is 21.2 Å². The van der Waals surface area contributed by atoms with Crippen molar-refractivity contribution < 1.29 is 9.31 Å². The van der Waals surface area contributed by atoms with Gasteiger partial charge in [0, 0.05) is 16.2 Å². The summed E-state index contributed by atoms with van der Waals surface area (Å²) in [6.45, 7) is 1.73. The van der Waals surface area contributed by atoms with Gasteiger partial charge < -0.3 is 5.32 Å². The molecule has 0 spiro atoms. The van der Waals surface area contributed by atoms with Crippen LogP contribution in [0, 0.1) is 22.9 Å². The average Bonchev–Trinajstić information content (AvgIpc) is 2.34. The number of halogens is 2. The highest BCUT2D eigenvalue weighted by molar-refractivity contribution is 9.10. The van der Waals surface area contributed by atoms with Crippen LogP contribution in [0.25, 0.3) is 0 Å². The third-order valence-corrected chi connectivity index (χ3v) is 3.11. The van der Waals surface area contributed by atoms with E-state index >= 15 is 0 Å². The Hall–Kier alpha value is -1.95. The number of anilines is 2. The quantitative estimate of drug-likeness (QED) is 0.665. The van der Waals surface area contributed by atoms with E-state index in [-0.39, 0.29) is 11.5 Å². The zero-order valence-electron chi connectivity index (χ0n) is 9.98. The Morgan fingerprint density at radius 2 is 1.89 bits per heavy atom. The second kappa shape index (κ2) is 5.36. The standard InChI is InChI=1S/C13H10BrFN2O2/c1-8-6-10(15)3-5-11(8)16-12-4-2-9(14)7-13(12)17(18)19/h2-7,16H,1H3. The Kier molecular flexibility index (Phi) is 3.80. The van der Waals surface area contributed by atoms with E-state index in [1.54, 1.807) is 25.1 Å². The lowest BCUT2D eigenvalue weighted by Gasteiger charge is -2.10. The third kappa shape index (κ3) is 3.08. The summed E-state index contributed by atoms with van der Waals surface area (Å²) in [4.78, 5) is 10.5. The molecule has 0 aliphatic carbocycles. The minimum Gasteiger partial charge on any atom is -0.350 e. The molecule has 0 aliphatic rings. The van der Waals surface area contributed by atoms with Crippen LogP contribution in [0.4, 0.5) is 21.5 Å². The fourth-order valence-electron chi connectivity index (χ4n) is 1.67. The predicted molar refractivity (Wildman–Crippen MR) is 75.2 cm³/mol. The molecule has 0 aromatic heterocycles. The van der Waals surface area contributed by atoms with Crippen LogP contribution in [-0.2, 0) is 0 Å². The van der Waals surface area contributed by atoms with Crippen molar-refractivity contribution in [2.45, 2.75) is 6.92 Å². The monoisotopic (exact) mass is 324 g/mol. The van der Waals surface area contributed by atoms with Gasteiger partial charge in [-0.2, -0.15) is 0 Å². The van der Waals surface area contributed by atoms with Gasteiger partial charge in [0.25, 0.3) is 5.69 Å². The van der Waals surface area contributed by atoms with E-state index in [1.165, 1.54) is 18.2 Å². The maximum Gasteiger partial charge on any atom is 0.293 e. The Morgan fingerprint density at radius 3 is 2.53 bits per heavy atom. The van der Waals surface area contributed by atoms with Crippen molar-refractivity contribution in [2.24, 2.45) is 0 Å². The van der Waals surface area contributed by atoms with Gasteiger partial charge in [0.15, 0.2) is 0 Å². The summed E-state index contributed by atoms with van der Waals surface area (Å²) in [7, 11) is 0. The molecule has 0 atom stereocenters. The number of nitrogens with zero attached hydrogens (tertiary/aromatic N) is 1. The number of nitrogens with one attached hydrogen (secondary N) is 1. The minimum atomic E-state index is -0.466. The molecule has 1 N–H and O–H groups in total. The zero-order valence-corrected chi connectivity index (χ0v) is 11.6. The molecular formula is C13H10BrFN2O2. The van der Waals surface area contributed by atoms with Gasteiger partial charge in [0.2, 0.25) is 0 Å². The van der Waals surface area contributed by atoms with Crippen LogP contribution in [0.3, 0.4) is 0 Å². The molecule has 0 saturated carbocycles. The van der Waals surface area contributed by atoms with Crippen LogP contribution in [0.5, 0.6) is 0 Å². The molecule has 0 fully saturated rings. The van der Waals surface area contributed by atoms with Crippen LogP contribution >= 0.6 is 15.9 Å². The summed E-state index contributed by atoms with van der Waals surface area (Å²) in [5.74, 6) is -0.339. The van der Waals surface area contributed by atoms with Crippen LogP contribution < -0.4 is 5.32 Å². The first-order valence-corrected chi connectivity index (χ1v) is 6.24. The number of nitro benzene ring substituents is 1. The fraction of sp³-hybridized carbons (Fsp3) is 0.0769. The number of nitro groups is 1. The van der Waals surface area contributed by atoms with Gasteiger partial charge in [-0.05, 0) is 42.8 Å². The highest BCUT2D eigenvalue weighted by Gasteiger charge is 2.14. The van der Waals surface area contributed by atoms with E-state index in [0.717, 1.165) is 0 Å². The molecule has 0 bridgehead atoms. The topological polar surface area (TPSA) is 55.2 Å². The molecule has 2 aromatic carbocycles. The lowest BCUT2D eigenvalue weighted by molar-refractivity contribution is -0.384. The highest BCUT2D eigenvalue weighted by Crippen LogP contribution is 2.31. The molecule has 2 rings (SSSR count). The zero-order chi connectivity index (χ0) is 14.0. The first-order valence-electron chi connectivity index (χ1n) is 5.44. The molecule has 0 heterocycles. The van der Waals surface area contributed by atoms with Crippen LogP contribution in [0.2, 0.25) is 0 Å². The third-order valence-electron chi connectivity index (χ3n) is 2.61. The molecule has 2 aromatic rings. The molecule has 0 saturated heterocycles. The van der Waals surface area contributed by atoms with Crippen molar-refractivity contribution in [3.63, 3.8) is 0 Å². The normalized spacial score (nSPS) is 10.3. The van der Waals surface area contributed by atoms with Gasteiger partial charge in [-0.1, -0.05) is 15.9 Å². The molecule has 6 heteroatoms. The van der Waals surface area contributed by atoms with E-state index in [1.807, 2.05) is 0 Å². The van der Waals surface area contributed by atoms with Gasteiger partial charge >= 0.3 is 0 Å². The molecule has 0 aliphatic heterocycles. The molecule has 98 valence electrons. The number of rotatable bonds is 3. The molecular weight excluding hydrogens is 315 g/mol. The number of hydrogen-bond acceptors (Lipinski definition) is 3. The van der Waals surface area contributed by atoms with Gasteiger partial charge in [-0.3, -0.25) is 10.1 Å². The summed E-state index contributed by atoms with van der Waals surface area (Å²) in [5.41, 5.74) is 1.63. The summed E-state index contributed by atoms with van der Waals surface area (Å²) in [5, 5.41) is 13.9. The molecule has 0 unspecified atom stereocenters. The van der Waals surface area contributed by atoms with Crippen LogP contribution in [0.15, 0.2) is 40.9 Å². The highest BCUT2D eigenvalue weighted by atomic mass is 79.9. The Balaban J connectivity index is 2.40. The van der Waals surface area contributed by atoms with Crippen molar-refractivity contribution >= 4 is 33.0 Å². The van der Waals surface area contributed by atoms with Gasteiger partial charge in [-0.15, -0.1) is 0 Å². The lowest BCUT2D eigenvalue weighted by atomic mass is 10.2. The van der Waals surface area contributed by atoms with Crippen LogP contribution in [-0.4, -0.2) is 4.92 Å². The van der Waals surface area contributed by atoms with Crippen molar-refractivity contribution in [3.05, 3.63) is 62.4 Å². The average molecular weight is 325 g/mol. The van der Waals surface area contributed by atoms with Gasteiger partial charge in [-0.25, -0.2) is 4.39 Å². The SMILES string of the molecule is Cc1cc(F)ccc1Nc1ccc(Br)cc1[N+](=O)[O-]. The maximum absolute atomic E-state index is 13.0. The number of benzene rings is 2. The second-order valence-electron chi connectivity index (χ2n) is 4.00. The largest absolute Gasteiger partial charge is 0.350 e. The Bertz CT molecular complexity index is 647. The Morgan fingerprint density at radius 1 is 1.21 bits per heavy atom. The van der Waals surface area contributed by atoms with E-state index < -0.39 is 4.92 Å². The Labute approximate surface area is 117 Å².